The van der Waals surface area contributed by atoms with Crippen LogP contribution < -0.4 is 5.32 Å². The number of nitrogens with one attached hydrogen (secondary N) is 1. The second-order valence-electron chi connectivity index (χ2n) is 5.32. The van der Waals surface area contributed by atoms with Crippen LogP contribution in [-0.2, 0) is 21.1 Å². The maximum atomic E-state index is 13.0. The molecule has 1 amide bonds. The Morgan fingerprint density at radius 3 is 2.67 bits per heavy atom. The number of rotatable bonds is 5. The second-order valence-corrected chi connectivity index (χ2v) is 7.55. The van der Waals surface area contributed by atoms with Gasteiger partial charge in [-0.05, 0) is 36.5 Å². The molecule has 7 heteroatoms. The van der Waals surface area contributed by atoms with E-state index in [0.29, 0.717) is 24.9 Å². The van der Waals surface area contributed by atoms with Gasteiger partial charge in [0.25, 0.3) is 0 Å². The van der Waals surface area contributed by atoms with Gasteiger partial charge in [-0.1, -0.05) is 6.07 Å². The molecule has 4 nitrogen and oxygen atoms in total. The summed E-state index contributed by atoms with van der Waals surface area (Å²) in [5.74, 6) is -1.78. The van der Waals surface area contributed by atoms with Gasteiger partial charge in [0.15, 0.2) is 21.5 Å². The number of amides is 1. The van der Waals surface area contributed by atoms with E-state index in [9.17, 15) is 22.0 Å². The molecule has 1 fully saturated rings. The quantitative estimate of drug-likeness (QED) is 0.894. The number of hydrogen-bond donors (Lipinski definition) is 1. The third-order valence-electron chi connectivity index (χ3n) is 3.54. The number of sulfone groups is 1. The number of hydrogen-bond acceptors (Lipinski definition) is 3. The molecule has 1 unspecified atom stereocenters. The summed E-state index contributed by atoms with van der Waals surface area (Å²) >= 11 is 0. The smallest absolute Gasteiger partial charge is 0.220 e. The monoisotopic (exact) mass is 317 g/mol. The summed E-state index contributed by atoms with van der Waals surface area (Å²) in [4.78, 5) is 11.7. The summed E-state index contributed by atoms with van der Waals surface area (Å²) in [7, 11) is -2.94. The summed E-state index contributed by atoms with van der Waals surface area (Å²) in [5, 5.41) is 2.69. The standard InChI is InChI=1S/C14H17F2NO3S/c15-12-3-1-10(7-13(12)16)2-4-14(18)17-8-11-5-6-21(19,20)9-11/h1,3,7,11H,2,4-6,8-9H2,(H,17,18). The van der Waals surface area contributed by atoms with E-state index in [1.165, 1.54) is 6.07 Å². The summed E-state index contributed by atoms with van der Waals surface area (Å²) in [6.07, 6.45) is 1.04. The molecule has 1 N–H and O–H groups in total. The number of carbonyl (C=O) groups excluding carboxylic acids is 1. The predicted molar refractivity (Wildman–Crippen MR) is 74.4 cm³/mol. The maximum absolute atomic E-state index is 13.0. The highest BCUT2D eigenvalue weighted by molar-refractivity contribution is 7.91. The van der Waals surface area contributed by atoms with E-state index < -0.39 is 21.5 Å². The molecule has 1 aliphatic rings. The first kappa shape index (κ1) is 15.9. The highest BCUT2D eigenvalue weighted by Crippen LogP contribution is 2.17. The fraction of sp³-hybridized carbons (Fsp3) is 0.500. The van der Waals surface area contributed by atoms with Crippen LogP contribution in [0.3, 0.4) is 0 Å². The van der Waals surface area contributed by atoms with Gasteiger partial charge in [-0.25, -0.2) is 17.2 Å². The molecule has 116 valence electrons. The summed E-state index contributed by atoms with van der Waals surface area (Å²) < 4.78 is 48.3. The highest BCUT2D eigenvalue weighted by atomic mass is 32.2. The van der Waals surface area contributed by atoms with E-state index in [1.807, 2.05) is 0 Å². The van der Waals surface area contributed by atoms with E-state index in [2.05, 4.69) is 5.32 Å². The Morgan fingerprint density at radius 2 is 2.05 bits per heavy atom. The minimum atomic E-state index is -2.94. The summed E-state index contributed by atoms with van der Waals surface area (Å²) in [5.41, 5.74) is 0.549. The van der Waals surface area contributed by atoms with Crippen LogP contribution in [-0.4, -0.2) is 32.4 Å². The average Bonchev–Trinajstić information content (AvgIpc) is 2.77. The Balaban J connectivity index is 1.74. The van der Waals surface area contributed by atoms with Gasteiger partial charge in [-0.15, -0.1) is 0 Å². The molecule has 0 spiro atoms. The van der Waals surface area contributed by atoms with Crippen LogP contribution >= 0.6 is 0 Å². The van der Waals surface area contributed by atoms with Crippen LogP contribution in [0, 0.1) is 17.6 Å². The van der Waals surface area contributed by atoms with Gasteiger partial charge in [0, 0.05) is 13.0 Å². The van der Waals surface area contributed by atoms with Crippen molar-refractivity contribution in [2.24, 2.45) is 5.92 Å². The van der Waals surface area contributed by atoms with E-state index in [-0.39, 0.29) is 29.8 Å². The van der Waals surface area contributed by atoms with Crippen molar-refractivity contribution in [2.75, 3.05) is 18.1 Å². The largest absolute Gasteiger partial charge is 0.356 e. The van der Waals surface area contributed by atoms with Crippen molar-refractivity contribution in [3.8, 4) is 0 Å². The van der Waals surface area contributed by atoms with Gasteiger partial charge < -0.3 is 5.32 Å². The lowest BCUT2D eigenvalue weighted by molar-refractivity contribution is -0.121. The Labute approximate surface area is 122 Å². The molecule has 1 heterocycles. The maximum Gasteiger partial charge on any atom is 0.220 e. The van der Waals surface area contributed by atoms with Gasteiger partial charge in [-0.3, -0.25) is 4.79 Å². The minimum Gasteiger partial charge on any atom is -0.356 e. The summed E-state index contributed by atoms with van der Waals surface area (Å²) in [6.45, 7) is 0.343. The van der Waals surface area contributed by atoms with Crippen LogP contribution in [0.4, 0.5) is 8.78 Å². The van der Waals surface area contributed by atoms with E-state index in [1.54, 1.807) is 0 Å². The first-order valence-electron chi connectivity index (χ1n) is 6.77. The Kier molecular flexibility index (Phi) is 4.92. The molecule has 1 atom stereocenters. The second kappa shape index (κ2) is 6.51. The van der Waals surface area contributed by atoms with Crippen LogP contribution in [0.1, 0.15) is 18.4 Å². The third kappa shape index (κ3) is 4.77. The fourth-order valence-electron chi connectivity index (χ4n) is 2.33. The molecule has 1 saturated heterocycles. The van der Waals surface area contributed by atoms with E-state index in [0.717, 1.165) is 12.1 Å². The highest BCUT2D eigenvalue weighted by Gasteiger charge is 2.27. The van der Waals surface area contributed by atoms with Crippen LogP contribution in [0.5, 0.6) is 0 Å². The van der Waals surface area contributed by atoms with Crippen molar-refractivity contribution >= 4 is 15.7 Å². The summed E-state index contributed by atoms with van der Waals surface area (Å²) in [6, 6.07) is 3.55. The van der Waals surface area contributed by atoms with Gasteiger partial charge in [0.2, 0.25) is 5.91 Å². The number of carbonyl (C=O) groups is 1. The van der Waals surface area contributed by atoms with Gasteiger partial charge in [0.05, 0.1) is 11.5 Å². The van der Waals surface area contributed by atoms with E-state index in [4.69, 9.17) is 0 Å². The lowest BCUT2D eigenvalue weighted by Crippen LogP contribution is -2.29. The zero-order valence-electron chi connectivity index (χ0n) is 11.4. The fourth-order valence-corrected chi connectivity index (χ4v) is 4.19. The van der Waals surface area contributed by atoms with Crippen LogP contribution in [0.25, 0.3) is 0 Å². The lowest BCUT2D eigenvalue weighted by Gasteiger charge is -2.09. The molecule has 1 aromatic rings. The van der Waals surface area contributed by atoms with Gasteiger partial charge >= 0.3 is 0 Å². The lowest BCUT2D eigenvalue weighted by atomic mass is 10.1. The average molecular weight is 317 g/mol. The van der Waals surface area contributed by atoms with Crippen LogP contribution in [0.2, 0.25) is 0 Å². The Morgan fingerprint density at radius 1 is 1.29 bits per heavy atom. The number of aryl methyl sites for hydroxylation is 1. The van der Waals surface area contributed by atoms with Crippen molar-refractivity contribution in [1.82, 2.24) is 5.32 Å². The van der Waals surface area contributed by atoms with Crippen molar-refractivity contribution in [1.29, 1.82) is 0 Å². The first-order valence-corrected chi connectivity index (χ1v) is 8.59. The van der Waals surface area contributed by atoms with Crippen LogP contribution in [0.15, 0.2) is 18.2 Å². The molecular weight excluding hydrogens is 300 g/mol. The Hall–Kier alpha value is -1.50. The molecule has 0 radical (unpaired) electrons. The van der Waals surface area contributed by atoms with Crippen molar-refractivity contribution in [2.45, 2.75) is 19.3 Å². The predicted octanol–water partition coefficient (Wildman–Crippen LogP) is 1.45. The third-order valence-corrected chi connectivity index (χ3v) is 5.38. The SMILES string of the molecule is O=C(CCc1ccc(F)c(F)c1)NCC1CCS(=O)(=O)C1. The normalized spacial score (nSPS) is 20.4. The van der Waals surface area contributed by atoms with Crippen molar-refractivity contribution < 1.29 is 22.0 Å². The molecule has 1 aliphatic heterocycles. The van der Waals surface area contributed by atoms with Crippen molar-refractivity contribution in [3.63, 3.8) is 0 Å². The topological polar surface area (TPSA) is 63.2 Å². The zero-order chi connectivity index (χ0) is 15.5. The molecular formula is C14H17F2NO3S. The minimum absolute atomic E-state index is 0.0257. The van der Waals surface area contributed by atoms with Gasteiger partial charge in [-0.2, -0.15) is 0 Å². The van der Waals surface area contributed by atoms with Crippen molar-refractivity contribution in [3.05, 3.63) is 35.4 Å². The molecule has 2 rings (SSSR count). The molecule has 1 aromatic carbocycles. The molecule has 0 aromatic heterocycles. The zero-order valence-corrected chi connectivity index (χ0v) is 12.3. The molecule has 0 saturated carbocycles. The molecule has 0 bridgehead atoms. The first-order chi connectivity index (χ1) is 9.85. The number of benzene rings is 1. The molecule has 0 aliphatic carbocycles. The molecule has 21 heavy (non-hydrogen) atoms. The number of halogens is 2. The Bertz CT molecular complexity index is 631. The van der Waals surface area contributed by atoms with Gasteiger partial charge in [0.1, 0.15) is 0 Å². The van der Waals surface area contributed by atoms with E-state index >= 15 is 0 Å².